The molecule has 0 N–H and O–H groups in total. The number of hydrogen-bond acceptors (Lipinski definition) is 4. The van der Waals surface area contributed by atoms with E-state index < -0.39 is 34.4 Å². The van der Waals surface area contributed by atoms with Crippen molar-refractivity contribution in [1.29, 1.82) is 0 Å². The molecule has 0 atom stereocenters. The number of nitro groups is 1. The molecular weight excluding hydrogens is 231 g/mol. The summed E-state index contributed by atoms with van der Waals surface area (Å²) in [6.45, 7) is -3.31. The summed E-state index contributed by atoms with van der Waals surface area (Å²) in [4.78, 5) is 19.6. The third-order valence-corrected chi connectivity index (χ3v) is 1.64. The molecule has 0 aliphatic heterocycles. The summed E-state index contributed by atoms with van der Waals surface area (Å²) in [5, 5.41) is 10.4. The smallest absolute Gasteiger partial charge is 0.387 e. The van der Waals surface area contributed by atoms with Crippen LogP contribution in [0.1, 0.15) is 10.4 Å². The van der Waals surface area contributed by atoms with Gasteiger partial charge in [0, 0.05) is 0 Å². The van der Waals surface area contributed by atoms with Crippen molar-refractivity contribution in [3.05, 3.63) is 33.6 Å². The van der Waals surface area contributed by atoms with Crippen molar-refractivity contribution in [3.63, 3.8) is 0 Å². The van der Waals surface area contributed by atoms with E-state index in [0.717, 1.165) is 12.1 Å². The summed E-state index contributed by atoms with van der Waals surface area (Å²) < 4.78 is 40.6. The van der Waals surface area contributed by atoms with Gasteiger partial charge in [0.1, 0.15) is 0 Å². The molecule has 8 heteroatoms. The fourth-order valence-corrected chi connectivity index (χ4v) is 1.03. The number of benzene rings is 1. The molecule has 0 amide bonds. The van der Waals surface area contributed by atoms with Gasteiger partial charge in [-0.15, -0.1) is 0 Å². The highest BCUT2D eigenvalue weighted by Crippen LogP contribution is 2.30. The predicted octanol–water partition coefficient (Wildman–Crippen LogP) is 2.15. The molecule has 16 heavy (non-hydrogen) atoms. The molecule has 0 radical (unpaired) electrons. The summed E-state index contributed by atoms with van der Waals surface area (Å²) in [5.41, 5.74) is -1.74. The number of nitro benzene ring substituents is 1. The van der Waals surface area contributed by atoms with E-state index >= 15 is 0 Å². The van der Waals surface area contributed by atoms with E-state index in [9.17, 15) is 28.1 Å². The van der Waals surface area contributed by atoms with E-state index in [1.54, 1.807) is 0 Å². The maximum absolute atomic E-state index is 13.3. The zero-order valence-corrected chi connectivity index (χ0v) is 7.52. The van der Waals surface area contributed by atoms with Gasteiger partial charge in [-0.1, -0.05) is 0 Å². The van der Waals surface area contributed by atoms with Crippen molar-refractivity contribution in [2.24, 2.45) is 0 Å². The van der Waals surface area contributed by atoms with Crippen molar-refractivity contribution in [2.75, 3.05) is 0 Å². The Kier molecular flexibility index (Phi) is 3.44. The minimum atomic E-state index is -3.31. The minimum Gasteiger partial charge on any atom is -0.431 e. The summed E-state index contributed by atoms with van der Waals surface area (Å²) in [7, 11) is 0. The number of carbonyl (C=O) groups excluding carboxylic acids is 1. The third kappa shape index (κ3) is 2.27. The van der Waals surface area contributed by atoms with Gasteiger partial charge in [-0.2, -0.15) is 13.2 Å². The van der Waals surface area contributed by atoms with Crippen LogP contribution >= 0.6 is 0 Å². The van der Waals surface area contributed by atoms with Gasteiger partial charge in [0.25, 0.3) is 0 Å². The molecule has 0 bridgehead atoms. The molecule has 1 aromatic carbocycles. The number of hydrogen-bond donors (Lipinski definition) is 0. The lowest BCUT2D eigenvalue weighted by Gasteiger charge is -2.06. The van der Waals surface area contributed by atoms with Crippen molar-refractivity contribution in [2.45, 2.75) is 6.61 Å². The highest BCUT2D eigenvalue weighted by Gasteiger charge is 2.25. The summed E-state index contributed by atoms with van der Waals surface area (Å²) in [6.07, 6.45) is 0.0490. The first-order valence-corrected chi connectivity index (χ1v) is 3.84. The van der Waals surface area contributed by atoms with Gasteiger partial charge in [-0.3, -0.25) is 14.9 Å². The van der Waals surface area contributed by atoms with E-state index in [0.29, 0.717) is 0 Å². The van der Waals surface area contributed by atoms with Crippen LogP contribution in [0, 0.1) is 15.9 Å². The van der Waals surface area contributed by atoms with Crippen LogP contribution in [0.25, 0.3) is 0 Å². The van der Waals surface area contributed by atoms with Crippen molar-refractivity contribution in [3.8, 4) is 5.75 Å². The molecule has 0 unspecified atom stereocenters. The van der Waals surface area contributed by atoms with E-state index in [4.69, 9.17) is 0 Å². The average Bonchev–Trinajstić information content (AvgIpc) is 2.19. The number of ether oxygens (including phenoxy) is 1. The average molecular weight is 235 g/mol. The van der Waals surface area contributed by atoms with E-state index in [1.165, 1.54) is 0 Å². The Labute approximate surface area is 86.6 Å². The third-order valence-electron chi connectivity index (χ3n) is 1.64. The van der Waals surface area contributed by atoms with Crippen LogP contribution in [-0.4, -0.2) is 17.8 Å². The highest BCUT2D eigenvalue weighted by atomic mass is 19.3. The number of halogens is 3. The Hall–Kier alpha value is -2.12. The second kappa shape index (κ2) is 4.60. The number of rotatable bonds is 4. The van der Waals surface area contributed by atoms with Crippen molar-refractivity contribution in [1.82, 2.24) is 0 Å². The molecule has 0 aromatic heterocycles. The second-order valence-electron chi connectivity index (χ2n) is 2.57. The summed E-state index contributed by atoms with van der Waals surface area (Å²) >= 11 is 0. The Balaban J connectivity index is 3.31. The molecule has 1 rings (SSSR count). The quantitative estimate of drug-likeness (QED) is 0.455. The van der Waals surface area contributed by atoms with Crippen LogP contribution in [-0.2, 0) is 0 Å². The van der Waals surface area contributed by atoms with Crippen LogP contribution in [0.4, 0.5) is 18.9 Å². The fraction of sp³-hybridized carbons (Fsp3) is 0.125. The Morgan fingerprint density at radius 3 is 2.50 bits per heavy atom. The maximum atomic E-state index is 13.3. The monoisotopic (exact) mass is 235 g/mol. The zero-order valence-electron chi connectivity index (χ0n) is 7.52. The van der Waals surface area contributed by atoms with Gasteiger partial charge in [-0.05, 0) is 12.1 Å². The molecule has 0 saturated heterocycles. The predicted molar refractivity (Wildman–Crippen MR) is 45.1 cm³/mol. The molecule has 0 saturated carbocycles. The zero-order chi connectivity index (χ0) is 12.3. The van der Waals surface area contributed by atoms with E-state index in [-0.39, 0.29) is 6.29 Å². The molecule has 0 heterocycles. The fourth-order valence-electron chi connectivity index (χ4n) is 1.03. The summed E-state index contributed by atoms with van der Waals surface area (Å²) in [6, 6.07) is 1.55. The maximum Gasteiger partial charge on any atom is 0.387 e. The summed E-state index contributed by atoms with van der Waals surface area (Å²) in [5.74, 6) is -2.58. The van der Waals surface area contributed by atoms with Crippen LogP contribution in [0.3, 0.4) is 0 Å². The van der Waals surface area contributed by atoms with Gasteiger partial charge >= 0.3 is 12.3 Å². The van der Waals surface area contributed by atoms with E-state index in [2.05, 4.69) is 4.74 Å². The lowest BCUT2D eigenvalue weighted by molar-refractivity contribution is -0.387. The number of nitrogens with zero attached hydrogens (tertiary/aromatic N) is 1. The van der Waals surface area contributed by atoms with Crippen LogP contribution in [0.5, 0.6) is 5.75 Å². The van der Waals surface area contributed by atoms with Crippen LogP contribution in [0.15, 0.2) is 12.1 Å². The van der Waals surface area contributed by atoms with Gasteiger partial charge in [0.2, 0.25) is 5.82 Å². The first-order valence-electron chi connectivity index (χ1n) is 3.84. The van der Waals surface area contributed by atoms with E-state index in [1.807, 2.05) is 0 Å². The number of alkyl halides is 2. The minimum absolute atomic E-state index is 0.0490. The molecule has 1 aromatic rings. The van der Waals surface area contributed by atoms with Gasteiger partial charge < -0.3 is 4.74 Å². The number of aldehydes is 1. The Bertz CT molecular complexity index is 436. The molecule has 0 spiro atoms. The van der Waals surface area contributed by atoms with Gasteiger partial charge in [-0.25, -0.2) is 0 Å². The first-order chi connectivity index (χ1) is 7.47. The van der Waals surface area contributed by atoms with Crippen molar-refractivity contribution >= 4 is 12.0 Å². The molecule has 86 valence electrons. The second-order valence-corrected chi connectivity index (χ2v) is 2.57. The first kappa shape index (κ1) is 12.0. The SMILES string of the molecule is O=Cc1ccc(OC(F)F)c(F)c1[N+](=O)[O-]. The van der Waals surface area contributed by atoms with Crippen molar-refractivity contribution < 1.29 is 27.6 Å². The highest BCUT2D eigenvalue weighted by molar-refractivity contribution is 5.82. The molecule has 0 fully saturated rings. The number of carbonyl (C=O) groups is 1. The standard InChI is InChI=1S/C8H4F3NO4/c9-6-5(16-8(10)11)2-1-4(3-13)7(6)12(14)15/h1-3,8H. The Morgan fingerprint density at radius 1 is 1.44 bits per heavy atom. The van der Waals surface area contributed by atoms with Gasteiger partial charge in [0.15, 0.2) is 12.0 Å². The van der Waals surface area contributed by atoms with Gasteiger partial charge in [0.05, 0.1) is 10.5 Å². The largest absolute Gasteiger partial charge is 0.431 e. The topological polar surface area (TPSA) is 69.4 Å². The van der Waals surface area contributed by atoms with Crippen LogP contribution in [0.2, 0.25) is 0 Å². The Morgan fingerprint density at radius 2 is 2.06 bits per heavy atom. The lowest BCUT2D eigenvalue weighted by Crippen LogP contribution is -2.06. The molecule has 0 aliphatic carbocycles. The molecule has 0 aliphatic rings. The molecule has 5 nitrogen and oxygen atoms in total. The van der Waals surface area contributed by atoms with Crippen LogP contribution < -0.4 is 4.74 Å². The molecular formula is C8H4F3NO4. The lowest BCUT2D eigenvalue weighted by atomic mass is 10.2. The normalized spacial score (nSPS) is 10.2.